The van der Waals surface area contributed by atoms with Gasteiger partial charge in [-0.05, 0) is 96.6 Å². The van der Waals surface area contributed by atoms with Crippen LogP contribution < -0.4 is 9.64 Å². The molecule has 1 aliphatic heterocycles. The third-order valence-electron chi connectivity index (χ3n) is 11.4. The van der Waals surface area contributed by atoms with Crippen LogP contribution in [0, 0.1) is 5.82 Å². The van der Waals surface area contributed by atoms with Crippen molar-refractivity contribution >= 4 is 38.9 Å². The molecule has 2 unspecified atom stereocenters. The van der Waals surface area contributed by atoms with Crippen LogP contribution in [0.3, 0.4) is 0 Å². The highest BCUT2D eigenvalue weighted by molar-refractivity contribution is 6.10. The van der Waals surface area contributed by atoms with Gasteiger partial charge in [-0.15, -0.1) is 0 Å². The Labute approximate surface area is 286 Å². The summed E-state index contributed by atoms with van der Waals surface area (Å²) in [4.78, 5) is 2.37. The maximum atomic E-state index is 14.6. The van der Waals surface area contributed by atoms with Crippen LogP contribution in [0.5, 0.6) is 5.75 Å². The van der Waals surface area contributed by atoms with Gasteiger partial charge in [0.15, 0.2) is 0 Å². The van der Waals surface area contributed by atoms with E-state index in [0.29, 0.717) is 5.92 Å². The average Bonchev–Trinajstić information content (AvgIpc) is 3.75. The molecule has 2 aliphatic carbocycles. The molecule has 3 nitrogen and oxygen atoms in total. The van der Waals surface area contributed by atoms with E-state index >= 15 is 0 Å². The van der Waals surface area contributed by atoms with Crippen molar-refractivity contribution < 1.29 is 9.13 Å². The summed E-state index contributed by atoms with van der Waals surface area (Å²) in [7, 11) is 0. The number of halogens is 1. The molecule has 240 valence electrons. The number of hydrogen-bond acceptors (Lipinski definition) is 2. The summed E-state index contributed by atoms with van der Waals surface area (Å²) in [6.45, 7) is 4.67. The first-order valence-corrected chi connectivity index (χ1v) is 17.6. The van der Waals surface area contributed by atoms with Crippen LogP contribution in [-0.2, 0) is 5.41 Å². The van der Waals surface area contributed by atoms with Crippen LogP contribution in [0.15, 0.2) is 127 Å². The third kappa shape index (κ3) is 4.13. The van der Waals surface area contributed by atoms with Gasteiger partial charge in [0.1, 0.15) is 17.7 Å². The quantitative estimate of drug-likeness (QED) is 0.190. The van der Waals surface area contributed by atoms with Gasteiger partial charge in [0.05, 0.1) is 16.7 Å². The third-order valence-corrected chi connectivity index (χ3v) is 11.4. The Morgan fingerprint density at radius 2 is 1.41 bits per heavy atom. The predicted molar refractivity (Wildman–Crippen MR) is 199 cm³/mol. The highest BCUT2D eigenvalue weighted by Gasteiger charge is 2.46. The van der Waals surface area contributed by atoms with E-state index in [1.54, 1.807) is 12.1 Å². The molecular weight excluding hydrogens is 604 g/mol. The van der Waals surface area contributed by atoms with E-state index in [1.807, 2.05) is 12.1 Å². The standard InChI is InChI=1S/C45H37FN2O/c1-45(2)36-17-9-6-15-34(36)42-37(45)27-40(43-35-16-8-11-19-41(35)49-44(42)43)47(30-22-20-28(46)21-23-30)31-24-25-33-32-14-7-10-18-38(32)48(39(33)26-31)29-12-4-3-5-13-29/h3-7,9-10,12-15,17-18,20-27,35,41H,8,11,16,19H2,1-2H3. The van der Waals surface area contributed by atoms with Gasteiger partial charge in [-0.25, -0.2) is 4.39 Å². The SMILES string of the molecule is CC1(C)c2ccccc2-c2c1cc(N(c1ccc(F)cc1)c1ccc3c4ccccc4n(-c4ccccc4)c3c1)c1c2OC2CCCCC12. The van der Waals surface area contributed by atoms with Crippen LogP contribution in [0.4, 0.5) is 21.5 Å². The summed E-state index contributed by atoms with van der Waals surface area (Å²) in [5.74, 6) is 1.12. The normalized spacial score (nSPS) is 18.5. The second-order valence-electron chi connectivity index (χ2n) is 14.5. The summed E-state index contributed by atoms with van der Waals surface area (Å²) in [5, 5.41) is 2.42. The molecule has 0 bridgehead atoms. The second kappa shape index (κ2) is 10.6. The average molecular weight is 641 g/mol. The van der Waals surface area contributed by atoms with Gasteiger partial charge in [-0.2, -0.15) is 0 Å². The molecule has 1 aromatic heterocycles. The largest absolute Gasteiger partial charge is 0.489 e. The zero-order valence-corrected chi connectivity index (χ0v) is 27.8. The number of hydrogen-bond donors (Lipinski definition) is 0. The molecule has 4 heteroatoms. The zero-order valence-electron chi connectivity index (χ0n) is 27.8. The molecule has 10 rings (SSSR count). The van der Waals surface area contributed by atoms with Crippen molar-refractivity contribution in [2.45, 2.75) is 57.0 Å². The second-order valence-corrected chi connectivity index (χ2v) is 14.5. The monoisotopic (exact) mass is 640 g/mol. The summed E-state index contributed by atoms with van der Waals surface area (Å²) in [6.07, 6.45) is 4.73. The van der Waals surface area contributed by atoms with Crippen molar-refractivity contribution in [1.82, 2.24) is 4.57 Å². The summed E-state index contributed by atoms with van der Waals surface area (Å²) in [5.41, 5.74) is 12.8. The van der Waals surface area contributed by atoms with Crippen LogP contribution >= 0.6 is 0 Å². The van der Waals surface area contributed by atoms with Crippen molar-refractivity contribution in [1.29, 1.82) is 0 Å². The van der Waals surface area contributed by atoms with Crippen LogP contribution in [0.2, 0.25) is 0 Å². The number of nitrogens with zero attached hydrogens (tertiary/aromatic N) is 2. The molecule has 49 heavy (non-hydrogen) atoms. The van der Waals surface area contributed by atoms with E-state index in [1.165, 1.54) is 56.9 Å². The van der Waals surface area contributed by atoms with Crippen LogP contribution in [0.1, 0.15) is 62.1 Å². The highest BCUT2D eigenvalue weighted by Crippen LogP contribution is 2.61. The molecule has 7 aromatic rings. The van der Waals surface area contributed by atoms with Gasteiger partial charge in [-0.1, -0.05) is 87.0 Å². The fraction of sp³-hybridized carbons (Fsp3) is 0.200. The number of para-hydroxylation sites is 2. The van der Waals surface area contributed by atoms with Crippen molar-refractivity contribution in [2.24, 2.45) is 0 Å². The van der Waals surface area contributed by atoms with E-state index < -0.39 is 0 Å². The molecule has 0 radical (unpaired) electrons. The fourth-order valence-corrected chi connectivity index (χ4v) is 9.17. The molecular formula is C45H37FN2O. The Kier molecular flexibility index (Phi) is 6.18. The van der Waals surface area contributed by atoms with E-state index in [0.717, 1.165) is 46.9 Å². The lowest BCUT2D eigenvalue weighted by atomic mass is 9.79. The van der Waals surface area contributed by atoms with Crippen molar-refractivity contribution in [3.63, 3.8) is 0 Å². The summed E-state index contributed by atoms with van der Waals surface area (Å²) >= 11 is 0. The maximum Gasteiger partial charge on any atom is 0.133 e. The van der Waals surface area contributed by atoms with E-state index in [4.69, 9.17) is 4.74 Å². The van der Waals surface area contributed by atoms with Gasteiger partial charge in [0.25, 0.3) is 0 Å². The number of ether oxygens (including phenoxy) is 1. The first kappa shape index (κ1) is 28.6. The van der Waals surface area contributed by atoms with E-state index in [-0.39, 0.29) is 17.3 Å². The maximum absolute atomic E-state index is 14.6. The molecule has 0 saturated heterocycles. The van der Waals surface area contributed by atoms with Crippen molar-refractivity contribution in [3.05, 3.63) is 150 Å². The Balaban J connectivity index is 1.28. The van der Waals surface area contributed by atoms with Gasteiger partial charge in [0, 0.05) is 50.3 Å². The Hall–Kier alpha value is -5.35. The molecule has 1 fully saturated rings. The Bertz CT molecular complexity index is 2420. The zero-order chi connectivity index (χ0) is 32.9. The molecule has 0 spiro atoms. The summed E-state index contributed by atoms with van der Waals surface area (Å²) < 4.78 is 24.0. The molecule has 1 saturated carbocycles. The predicted octanol–water partition coefficient (Wildman–Crippen LogP) is 12.1. The van der Waals surface area contributed by atoms with Crippen LogP contribution in [0.25, 0.3) is 38.6 Å². The fourth-order valence-electron chi connectivity index (χ4n) is 9.17. The molecule has 3 aliphatic rings. The van der Waals surface area contributed by atoms with E-state index in [2.05, 4.69) is 126 Å². The van der Waals surface area contributed by atoms with Crippen molar-refractivity contribution in [3.8, 4) is 22.6 Å². The number of aromatic nitrogens is 1. The first-order valence-electron chi connectivity index (χ1n) is 17.6. The Morgan fingerprint density at radius 1 is 0.694 bits per heavy atom. The summed E-state index contributed by atoms with van der Waals surface area (Å²) in [6, 6.07) is 44.3. The minimum atomic E-state index is -0.241. The molecule has 0 N–H and O–H groups in total. The minimum Gasteiger partial charge on any atom is -0.489 e. The topological polar surface area (TPSA) is 17.4 Å². The smallest absolute Gasteiger partial charge is 0.133 e. The minimum absolute atomic E-state index is 0.169. The molecule has 2 atom stereocenters. The van der Waals surface area contributed by atoms with Gasteiger partial charge in [0.2, 0.25) is 0 Å². The van der Waals surface area contributed by atoms with Gasteiger partial charge < -0.3 is 14.2 Å². The molecule has 2 heterocycles. The number of anilines is 3. The number of fused-ring (bicyclic) bond motifs is 10. The van der Waals surface area contributed by atoms with Gasteiger partial charge >= 0.3 is 0 Å². The number of benzene rings is 6. The first-order chi connectivity index (χ1) is 24.0. The number of rotatable bonds is 4. The lowest BCUT2D eigenvalue weighted by molar-refractivity contribution is 0.164. The molecule has 6 aromatic carbocycles. The van der Waals surface area contributed by atoms with Crippen molar-refractivity contribution in [2.75, 3.05) is 4.90 Å². The lowest BCUT2D eigenvalue weighted by Gasteiger charge is -2.32. The molecule has 0 amide bonds. The lowest BCUT2D eigenvalue weighted by Crippen LogP contribution is -2.23. The Morgan fingerprint density at radius 3 is 2.27 bits per heavy atom. The van der Waals surface area contributed by atoms with E-state index in [9.17, 15) is 4.39 Å². The highest BCUT2D eigenvalue weighted by atomic mass is 19.1. The van der Waals surface area contributed by atoms with Crippen LogP contribution in [-0.4, -0.2) is 10.7 Å². The van der Waals surface area contributed by atoms with Gasteiger partial charge in [-0.3, -0.25) is 0 Å².